The molecule has 1 aromatic heterocycles. The topological polar surface area (TPSA) is 76.5 Å². The van der Waals surface area contributed by atoms with Gasteiger partial charge < -0.3 is 15.0 Å². The maximum atomic E-state index is 12.8. The molecule has 0 radical (unpaired) electrons. The summed E-state index contributed by atoms with van der Waals surface area (Å²) in [4.78, 5) is 26.6. The van der Waals surface area contributed by atoms with Gasteiger partial charge in [-0.3, -0.25) is 4.79 Å². The molecule has 1 saturated heterocycles. The van der Waals surface area contributed by atoms with Gasteiger partial charge >= 0.3 is 6.09 Å². The number of likely N-dealkylation sites (tertiary alicyclic amines) is 1. The minimum absolute atomic E-state index is 0.177. The van der Waals surface area contributed by atoms with Crippen LogP contribution in [0.4, 0.5) is 4.79 Å². The van der Waals surface area contributed by atoms with E-state index in [1.54, 1.807) is 4.90 Å². The second-order valence-corrected chi connectivity index (χ2v) is 8.64. The van der Waals surface area contributed by atoms with Gasteiger partial charge in [0.25, 0.3) is 5.91 Å². The van der Waals surface area contributed by atoms with E-state index in [1.165, 1.54) is 0 Å². The van der Waals surface area contributed by atoms with Crippen LogP contribution in [0.2, 0.25) is 0 Å². The highest BCUT2D eigenvalue weighted by Crippen LogP contribution is 2.18. The highest BCUT2D eigenvalue weighted by atomic mass is 16.6. The predicted molar refractivity (Wildman–Crippen MR) is 120 cm³/mol. The number of carbonyl (C=O) groups excluding carboxylic acids is 2. The molecule has 7 nitrogen and oxygen atoms in total. The quantitative estimate of drug-likeness (QED) is 0.614. The Morgan fingerprint density at radius 1 is 1.26 bits per heavy atom. The van der Waals surface area contributed by atoms with E-state index in [9.17, 15) is 9.59 Å². The van der Waals surface area contributed by atoms with Crippen LogP contribution >= 0.6 is 0 Å². The first-order valence-corrected chi connectivity index (χ1v) is 11.3. The fraction of sp³-hybridized carbons (Fsp3) is 0.542. The summed E-state index contributed by atoms with van der Waals surface area (Å²) in [7, 11) is 0. The molecule has 2 amide bonds. The summed E-state index contributed by atoms with van der Waals surface area (Å²) in [5, 5.41) is 7.59. The zero-order chi connectivity index (χ0) is 22.2. The van der Waals surface area contributed by atoms with Crippen molar-refractivity contribution >= 4 is 12.0 Å². The van der Waals surface area contributed by atoms with Crippen LogP contribution in [0.1, 0.15) is 56.2 Å². The highest BCUT2D eigenvalue weighted by Gasteiger charge is 2.28. The zero-order valence-corrected chi connectivity index (χ0v) is 18.8. The van der Waals surface area contributed by atoms with Crippen molar-refractivity contribution in [1.82, 2.24) is 20.0 Å². The summed E-state index contributed by atoms with van der Waals surface area (Å²) in [6, 6.07) is 11.8. The largest absolute Gasteiger partial charge is 0.449 e. The van der Waals surface area contributed by atoms with E-state index in [1.807, 2.05) is 41.1 Å². The summed E-state index contributed by atoms with van der Waals surface area (Å²) in [5.74, 6) is 0.509. The molecule has 2 heterocycles. The maximum Gasteiger partial charge on any atom is 0.409 e. The third-order valence-electron chi connectivity index (χ3n) is 5.45. The van der Waals surface area contributed by atoms with E-state index in [-0.39, 0.29) is 17.9 Å². The number of nitrogens with zero attached hydrogens (tertiary/aromatic N) is 3. The van der Waals surface area contributed by atoms with Crippen LogP contribution < -0.4 is 5.32 Å². The lowest BCUT2D eigenvalue weighted by molar-refractivity contribution is 0.0941. The second-order valence-electron chi connectivity index (χ2n) is 8.64. The average molecular weight is 427 g/mol. The molecule has 1 aromatic carbocycles. The third kappa shape index (κ3) is 6.32. The number of nitrogens with one attached hydrogen (secondary N) is 1. The van der Waals surface area contributed by atoms with Gasteiger partial charge in [-0.2, -0.15) is 5.10 Å². The van der Waals surface area contributed by atoms with Crippen LogP contribution in [0.5, 0.6) is 0 Å². The Balaban J connectivity index is 1.57. The molecule has 1 atom stereocenters. The molecule has 1 aliphatic heterocycles. The first-order chi connectivity index (χ1) is 15.0. The normalized spacial score (nSPS) is 16.0. The van der Waals surface area contributed by atoms with E-state index in [0.717, 1.165) is 37.1 Å². The van der Waals surface area contributed by atoms with E-state index in [4.69, 9.17) is 4.74 Å². The van der Waals surface area contributed by atoms with Gasteiger partial charge in [0, 0.05) is 25.3 Å². The van der Waals surface area contributed by atoms with Gasteiger partial charge in [-0.25, -0.2) is 9.48 Å². The molecular weight excluding hydrogens is 392 g/mol. The number of unbranched alkanes of at least 4 members (excludes halogenated alkanes) is 1. The van der Waals surface area contributed by atoms with Crippen LogP contribution in [0, 0.1) is 11.8 Å². The van der Waals surface area contributed by atoms with E-state index in [0.29, 0.717) is 37.9 Å². The first kappa shape index (κ1) is 22.8. The smallest absolute Gasteiger partial charge is 0.409 e. The molecule has 0 spiro atoms. The summed E-state index contributed by atoms with van der Waals surface area (Å²) < 4.78 is 7.15. The number of aromatic nitrogens is 2. The minimum Gasteiger partial charge on any atom is -0.449 e. The summed E-state index contributed by atoms with van der Waals surface area (Å²) in [6.45, 7) is 8.65. The van der Waals surface area contributed by atoms with Gasteiger partial charge in [-0.05, 0) is 49.3 Å². The van der Waals surface area contributed by atoms with Crippen molar-refractivity contribution in [2.45, 2.75) is 46.5 Å². The molecule has 3 rings (SSSR count). The summed E-state index contributed by atoms with van der Waals surface area (Å²) >= 11 is 0. The number of hydrogen-bond acceptors (Lipinski definition) is 4. The number of hydrogen-bond donors (Lipinski definition) is 1. The summed E-state index contributed by atoms with van der Waals surface area (Å²) in [5.41, 5.74) is 2.40. The molecule has 1 N–H and O–H groups in total. The minimum atomic E-state index is -0.248. The van der Waals surface area contributed by atoms with Crippen molar-refractivity contribution in [1.29, 1.82) is 0 Å². The number of amides is 2. The van der Waals surface area contributed by atoms with E-state index in [2.05, 4.69) is 31.2 Å². The zero-order valence-electron chi connectivity index (χ0n) is 18.8. The molecule has 7 heteroatoms. The predicted octanol–water partition coefficient (Wildman–Crippen LogP) is 4.06. The standard InChI is InChI=1S/C24H34N4O3/c1-4-5-13-31-24(30)27-12-11-19(17-27)16-25-23(29)22-15-21(14-18(2)3)28(26-22)20-9-7-6-8-10-20/h6-10,15,18-19H,4-5,11-14,16-17H2,1-3H3,(H,25,29). The van der Waals surface area contributed by atoms with Crippen LogP contribution in [0.3, 0.4) is 0 Å². The van der Waals surface area contributed by atoms with Gasteiger partial charge in [0.15, 0.2) is 5.69 Å². The maximum absolute atomic E-state index is 12.8. The Bertz CT molecular complexity index is 863. The van der Waals surface area contributed by atoms with Crippen LogP contribution in [0.15, 0.2) is 36.4 Å². The van der Waals surface area contributed by atoms with E-state index >= 15 is 0 Å². The number of para-hydroxylation sites is 1. The lowest BCUT2D eigenvalue weighted by Crippen LogP contribution is -2.33. The van der Waals surface area contributed by atoms with Gasteiger partial charge in [0.2, 0.25) is 0 Å². The molecule has 0 aliphatic carbocycles. The lowest BCUT2D eigenvalue weighted by atomic mass is 10.1. The SMILES string of the molecule is CCCCOC(=O)N1CCC(CNC(=O)c2cc(CC(C)C)n(-c3ccccc3)n2)C1. The molecule has 1 aliphatic rings. The third-order valence-corrected chi connectivity index (χ3v) is 5.45. The van der Waals surface area contributed by atoms with Gasteiger partial charge in [0.1, 0.15) is 0 Å². The number of rotatable bonds is 9. The fourth-order valence-corrected chi connectivity index (χ4v) is 3.77. The lowest BCUT2D eigenvalue weighted by Gasteiger charge is -2.16. The van der Waals surface area contributed by atoms with Crippen LogP contribution in [-0.2, 0) is 11.2 Å². The first-order valence-electron chi connectivity index (χ1n) is 11.3. The van der Waals surface area contributed by atoms with Gasteiger partial charge in [0.05, 0.1) is 12.3 Å². The Morgan fingerprint density at radius 3 is 2.74 bits per heavy atom. The van der Waals surface area contributed by atoms with Gasteiger partial charge in [-0.1, -0.05) is 45.4 Å². The molecule has 1 fully saturated rings. The Hall–Kier alpha value is -2.83. The molecular formula is C24H34N4O3. The molecule has 31 heavy (non-hydrogen) atoms. The molecule has 1 unspecified atom stereocenters. The number of benzene rings is 1. The molecule has 0 saturated carbocycles. The van der Waals surface area contributed by atoms with Crippen LogP contribution in [0.25, 0.3) is 5.69 Å². The molecule has 0 bridgehead atoms. The second kappa shape index (κ2) is 11.0. The Labute approximate surface area is 184 Å². The van der Waals surface area contributed by atoms with Gasteiger partial charge in [-0.15, -0.1) is 0 Å². The molecule has 168 valence electrons. The molecule has 2 aromatic rings. The van der Waals surface area contributed by atoms with Crippen molar-refractivity contribution < 1.29 is 14.3 Å². The van der Waals surface area contributed by atoms with Crippen molar-refractivity contribution in [3.8, 4) is 5.69 Å². The van der Waals surface area contributed by atoms with Crippen molar-refractivity contribution in [3.63, 3.8) is 0 Å². The van der Waals surface area contributed by atoms with Crippen LogP contribution in [-0.4, -0.2) is 52.9 Å². The average Bonchev–Trinajstić information content (AvgIpc) is 3.40. The van der Waals surface area contributed by atoms with Crippen molar-refractivity contribution in [3.05, 3.63) is 47.8 Å². The fourth-order valence-electron chi connectivity index (χ4n) is 3.77. The summed E-state index contributed by atoms with van der Waals surface area (Å²) in [6.07, 6.45) is 3.34. The monoisotopic (exact) mass is 426 g/mol. The van der Waals surface area contributed by atoms with Crippen molar-refractivity contribution in [2.24, 2.45) is 11.8 Å². The van der Waals surface area contributed by atoms with E-state index < -0.39 is 0 Å². The van der Waals surface area contributed by atoms with Crippen molar-refractivity contribution in [2.75, 3.05) is 26.2 Å². The number of carbonyl (C=O) groups is 2. The highest BCUT2D eigenvalue weighted by molar-refractivity contribution is 5.92. The Morgan fingerprint density at radius 2 is 2.03 bits per heavy atom. The Kier molecular flexibility index (Phi) is 8.09. The number of ether oxygens (including phenoxy) is 1.